The topological polar surface area (TPSA) is 93.8 Å². The van der Waals surface area contributed by atoms with Gasteiger partial charge in [0.1, 0.15) is 13.1 Å². The van der Waals surface area contributed by atoms with Gasteiger partial charge in [0, 0.05) is 23.5 Å². The summed E-state index contributed by atoms with van der Waals surface area (Å²) in [6.45, 7) is 3.54. The molecule has 11 heteroatoms. The van der Waals surface area contributed by atoms with Gasteiger partial charge < -0.3 is 10.6 Å². The van der Waals surface area contributed by atoms with Crippen LogP contribution < -0.4 is 10.6 Å². The maximum Gasteiger partial charge on any atom is 0.408 e. The van der Waals surface area contributed by atoms with Crippen LogP contribution in [0.2, 0.25) is 0 Å². The molecule has 2 aromatic rings. The van der Waals surface area contributed by atoms with Crippen molar-refractivity contribution >= 4 is 17.5 Å². The van der Waals surface area contributed by atoms with E-state index in [9.17, 15) is 22.8 Å². The number of hydrogen-bond acceptors (Lipinski definition) is 4. The van der Waals surface area contributed by atoms with Crippen LogP contribution in [0.4, 0.5) is 18.9 Å². The molecule has 2 N–H and O–H groups in total. The molecule has 0 spiro atoms. The highest BCUT2D eigenvalue weighted by Gasteiger charge is 2.31. The van der Waals surface area contributed by atoms with Crippen molar-refractivity contribution in [1.29, 1.82) is 0 Å². The van der Waals surface area contributed by atoms with E-state index in [4.69, 9.17) is 0 Å². The van der Waals surface area contributed by atoms with Gasteiger partial charge in [-0.2, -0.15) is 23.4 Å². The number of nitrogens with zero attached hydrogens (tertiary/aromatic N) is 4. The molecule has 1 fully saturated rings. The van der Waals surface area contributed by atoms with E-state index in [1.165, 1.54) is 24.0 Å². The van der Waals surface area contributed by atoms with E-state index < -0.39 is 24.5 Å². The van der Waals surface area contributed by atoms with Crippen molar-refractivity contribution in [3.05, 3.63) is 29.3 Å². The number of aromatic nitrogens is 4. The first-order valence-corrected chi connectivity index (χ1v) is 9.27. The molecule has 0 bridgehead atoms. The lowest BCUT2D eigenvalue weighted by atomic mass is 9.98. The Kier molecular flexibility index (Phi) is 5.67. The van der Waals surface area contributed by atoms with Crippen LogP contribution in [-0.2, 0) is 22.7 Å². The van der Waals surface area contributed by atoms with Gasteiger partial charge in [-0.15, -0.1) is 0 Å². The third-order valence-corrected chi connectivity index (χ3v) is 4.74. The molecule has 1 unspecified atom stereocenters. The lowest BCUT2D eigenvalue weighted by Crippen LogP contribution is -2.29. The summed E-state index contributed by atoms with van der Waals surface area (Å²) in [5.41, 5.74) is 1.54. The first kappa shape index (κ1) is 20.9. The molecule has 1 atom stereocenters. The van der Waals surface area contributed by atoms with Crippen molar-refractivity contribution < 1.29 is 22.8 Å². The molecule has 0 aliphatic heterocycles. The smallest absolute Gasteiger partial charge is 0.352 e. The average Bonchev–Trinajstić information content (AvgIpc) is 3.23. The average molecular weight is 412 g/mol. The second-order valence-corrected chi connectivity index (χ2v) is 7.34. The summed E-state index contributed by atoms with van der Waals surface area (Å²) in [7, 11) is 0. The first-order chi connectivity index (χ1) is 13.5. The molecule has 158 valence electrons. The Balaban J connectivity index is 1.64. The number of hydrogen-bond donors (Lipinski definition) is 2. The minimum Gasteiger partial charge on any atom is -0.352 e. The fourth-order valence-electron chi connectivity index (χ4n) is 3.21. The fraction of sp³-hybridized carbons (Fsp3) is 0.556. The zero-order valence-corrected chi connectivity index (χ0v) is 16.4. The molecule has 1 saturated carbocycles. The van der Waals surface area contributed by atoms with Crippen LogP contribution in [0.5, 0.6) is 0 Å². The van der Waals surface area contributed by atoms with Gasteiger partial charge in [0.2, 0.25) is 11.8 Å². The first-order valence-electron chi connectivity index (χ1n) is 9.27. The van der Waals surface area contributed by atoms with Gasteiger partial charge in [-0.05, 0) is 33.6 Å². The molecular weight excluding hydrogens is 389 g/mol. The number of rotatable bonds is 7. The Morgan fingerprint density at radius 1 is 1.31 bits per heavy atom. The van der Waals surface area contributed by atoms with E-state index in [1.807, 2.05) is 0 Å². The Hall–Kier alpha value is -2.85. The summed E-state index contributed by atoms with van der Waals surface area (Å²) in [5.74, 6) is -1.26. The Morgan fingerprint density at radius 3 is 2.62 bits per heavy atom. The Labute approximate surface area is 165 Å². The van der Waals surface area contributed by atoms with Gasteiger partial charge in [0.05, 0.1) is 23.5 Å². The summed E-state index contributed by atoms with van der Waals surface area (Å²) >= 11 is 0. The molecule has 3 rings (SSSR count). The quantitative estimate of drug-likeness (QED) is 0.730. The third-order valence-electron chi connectivity index (χ3n) is 4.74. The lowest BCUT2D eigenvalue weighted by Gasteiger charge is -2.13. The third kappa shape index (κ3) is 5.36. The van der Waals surface area contributed by atoms with E-state index in [2.05, 4.69) is 20.8 Å². The number of nitrogens with one attached hydrogen (secondary N) is 2. The van der Waals surface area contributed by atoms with Crippen LogP contribution in [-0.4, -0.2) is 43.6 Å². The van der Waals surface area contributed by atoms with Crippen molar-refractivity contribution in [2.75, 3.05) is 5.32 Å². The van der Waals surface area contributed by atoms with E-state index in [0.717, 1.165) is 17.5 Å². The molecule has 29 heavy (non-hydrogen) atoms. The molecule has 0 radical (unpaired) electrons. The molecule has 2 aromatic heterocycles. The number of anilines is 1. The van der Waals surface area contributed by atoms with E-state index >= 15 is 0 Å². The summed E-state index contributed by atoms with van der Waals surface area (Å²) in [5, 5.41) is 13.5. The predicted octanol–water partition coefficient (Wildman–Crippen LogP) is 2.28. The number of amides is 2. The van der Waals surface area contributed by atoms with Crippen LogP contribution >= 0.6 is 0 Å². The second kappa shape index (κ2) is 7.88. The highest BCUT2D eigenvalue weighted by Crippen LogP contribution is 2.27. The molecule has 1 aliphatic carbocycles. The minimum absolute atomic E-state index is 0.0460. The van der Waals surface area contributed by atoms with Crippen molar-refractivity contribution in [3.8, 4) is 0 Å². The number of aryl methyl sites for hydroxylation is 1. The number of alkyl halides is 3. The normalized spacial score (nSPS) is 15.2. The van der Waals surface area contributed by atoms with Gasteiger partial charge in [-0.25, -0.2) is 0 Å². The fourth-order valence-corrected chi connectivity index (χ4v) is 3.21. The zero-order valence-electron chi connectivity index (χ0n) is 16.4. The van der Waals surface area contributed by atoms with Gasteiger partial charge in [-0.1, -0.05) is 0 Å². The standard InChI is InChI=1S/C18H23F3N6O2/c1-10(16-11(2)25-27(12(16)3)9-18(19,20)21)17(29)24-14-6-22-26(7-14)8-15(28)23-13-4-5-13/h6-7,10,13H,4-5,8-9H2,1-3H3,(H,23,28)(H,24,29). The highest BCUT2D eigenvalue weighted by atomic mass is 19.4. The summed E-state index contributed by atoms with van der Waals surface area (Å²) in [6.07, 6.45) is 0.531. The van der Waals surface area contributed by atoms with E-state index in [1.54, 1.807) is 13.8 Å². The molecule has 8 nitrogen and oxygen atoms in total. The number of carbonyl (C=O) groups excluding carboxylic acids is 2. The molecule has 2 heterocycles. The Bertz CT molecular complexity index is 913. The predicted molar refractivity (Wildman–Crippen MR) is 98.2 cm³/mol. The summed E-state index contributed by atoms with van der Waals surface area (Å²) < 4.78 is 40.4. The van der Waals surface area contributed by atoms with Crippen LogP contribution in [0.15, 0.2) is 12.4 Å². The second-order valence-electron chi connectivity index (χ2n) is 7.34. The molecular formula is C18H23F3N6O2. The zero-order chi connectivity index (χ0) is 21.3. The number of carbonyl (C=O) groups is 2. The van der Waals surface area contributed by atoms with Crippen molar-refractivity contribution in [3.63, 3.8) is 0 Å². The largest absolute Gasteiger partial charge is 0.408 e. The monoisotopic (exact) mass is 412 g/mol. The molecule has 1 aliphatic rings. The van der Waals surface area contributed by atoms with Crippen molar-refractivity contribution in [1.82, 2.24) is 24.9 Å². The maximum atomic E-state index is 12.7. The SMILES string of the molecule is Cc1nn(CC(F)(F)F)c(C)c1C(C)C(=O)Nc1cnn(CC(=O)NC2CC2)c1. The van der Waals surface area contributed by atoms with Crippen LogP contribution in [0, 0.1) is 13.8 Å². The highest BCUT2D eigenvalue weighted by molar-refractivity contribution is 5.95. The lowest BCUT2D eigenvalue weighted by molar-refractivity contribution is -0.143. The molecule has 2 amide bonds. The van der Waals surface area contributed by atoms with Gasteiger partial charge in [0.15, 0.2) is 0 Å². The molecule has 0 saturated heterocycles. The van der Waals surface area contributed by atoms with E-state index in [0.29, 0.717) is 22.6 Å². The van der Waals surface area contributed by atoms with Gasteiger partial charge in [0.25, 0.3) is 0 Å². The maximum absolute atomic E-state index is 12.7. The van der Waals surface area contributed by atoms with Crippen molar-refractivity contribution in [2.45, 2.75) is 64.8 Å². The number of halogens is 3. The van der Waals surface area contributed by atoms with Gasteiger partial charge >= 0.3 is 6.18 Å². The van der Waals surface area contributed by atoms with E-state index in [-0.39, 0.29) is 18.5 Å². The summed E-state index contributed by atoms with van der Waals surface area (Å²) in [4.78, 5) is 24.4. The Morgan fingerprint density at radius 2 is 2.00 bits per heavy atom. The van der Waals surface area contributed by atoms with Crippen molar-refractivity contribution in [2.24, 2.45) is 0 Å². The van der Waals surface area contributed by atoms with Gasteiger partial charge in [-0.3, -0.25) is 19.0 Å². The van der Waals surface area contributed by atoms with Crippen LogP contribution in [0.1, 0.15) is 42.6 Å². The molecule has 0 aromatic carbocycles. The van der Waals surface area contributed by atoms with Crippen LogP contribution in [0.25, 0.3) is 0 Å². The van der Waals surface area contributed by atoms with Crippen LogP contribution in [0.3, 0.4) is 0 Å². The minimum atomic E-state index is -4.40. The summed E-state index contributed by atoms with van der Waals surface area (Å²) in [6, 6.07) is 0.253.